The SMILES string of the molecule is CC(=O)/C(Cl)=C(/Cl)C(=O)Nc1cccc(C)c1. The largest absolute Gasteiger partial charge is 0.321 e. The smallest absolute Gasteiger partial charge is 0.268 e. The van der Waals surface area contributed by atoms with Crippen molar-refractivity contribution in [3.05, 3.63) is 39.9 Å². The summed E-state index contributed by atoms with van der Waals surface area (Å²) in [6, 6.07) is 7.20. The molecule has 0 unspecified atom stereocenters. The zero-order chi connectivity index (χ0) is 13.0. The Balaban J connectivity index is 2.87. The Morgan fingerprint density at radius 3 is 2.35 bits per heavy atom. The lowest BCUT2D eigenvalue weighted by Crippen LogP contribution is -2.13. The molecule has 3 nitrogen and oxygen atoms in total. The molecular formula is C12H11Cl2NO2. The minimum absolute atomic E-state index is 0.267. The fourth-order valence-corrected chi connectivity index (χ4v) is 1.43. The highest BCUT2D eigenvalue weighted by molar-refractivity contribution is 6.54. The van der Waals surface area contributed by atoms with Gasteiger partial charge in [-0.05, 0) is 24.6 Å². The van der Waals surface area contributed by atoms with Gasteiger partial charge in [-0.1, -0.05) is 35.3 Å². The first-order valence-corrected chi connectivity index (χ1v) is 5.61. The van der Waals surface area contributed by atoms with Crippen molar-refractivity contribution in [1.82, 2.24) is 0 Å². The Labute approximate surface area is 109 Å². The maximum absolute atomic E-state index is 11.6. The lowest BCUT2D eigenvalue weighted by Gasteiger charge is -2.05. The van der Waals surface area contributed by atoms with E-state index in [1.165, 1.54) is 6.92 Å². The van der Waals surface area contributed by atoms with Crippen LogP contribution in [-0.2, 0) is 9.59 Å². The predicted molar refractivity (Wildman–Crippen MR) is 69.2 cm³/mol. The Bertz CT molecular complexity index is 495. The van der Waals surface area contributed by atoms with Crippen LogP contribution in [0.5, 0.6) is 0 Å². The number of nitrogens with one attached hydrogen (secondary N) is 1. The predicted octanol–water partition coefficient (Wildman–Crippen LogP) is 3.21. The number of benzene rings is 1. The van der Waals surface area contributed by atoms with Crippen LogP contribution < -0.4 is 5.32 Å². The number of carbonyl (C=O) groups is 2. The van der Waals surface area contributed by atoms with E-state index in [0.717, 1.165) is 5.56 Å². The first-order valence-electron chi connectivity index (χ1n) is 4.86. The standard InChI is InChI=1S/C12H11Cl2NO2/c1-7-4-3-5-9(6-7)15-12(17)11(14)10(13)8(2)16/h3-6H,1-2H3,(H,15,17)/b11-10-. The second-order valence-electron chi connectivity index (χ2n) is 3.51. The number of carbonyl (C=O) groups excluding carboxylic acids is 2. The average molecular weight is 272 g/mol. The van der Waals surface area contributed by atoms with E-state index in [1.54, 1.807) is 18.2 Å². The molecule has 0 saturated carbocycles. The van der Waals surface area contributed by atoms with Crippen molar-refractivity contribution >= 4 is 40.6 Å². The van der Waals surface area contributed by atoms with Crippen LogP contribution in [0.4, 0.5) is 5.69 Å². The van der Waals surface area contributed by atoms with Gasteiger partial charge in [0.25, 0.3) is 5.91 Å². The molecule has 0 saturated heterocycles. The van der Waals surface area contributed by atoms with Crippen molar-refractivity contribution in [1.29, 1.82) is 0 Å². The Morgan fingerprint density at radius 1 is 1.18 bits per heavy atom. The van der Waals surface area contributed by atoms with Crippen LogP contribution in [0.25, 0.3) is 0 Å². The second kappa shape index (κ2) is 5.84. The van der Waals surface area contributed by atoms with E-state index in [-0.39, 0.29) is 10.1 Å². The van der Waals surface area contributed by atoms with E-state index in [4.69, 9.17) is 23.2 Å². The summed E-state index contributed by atoms with van der Waals surface area (Å²) in [6.07, 6.45) is 0. The van der Waals surface area contributed by atoms with Crippen LogP contribution in [0, 0.1) is 6.92 Å². The van der Waals surface area contributed by atoms with E-state index in [0.29, 0.717) is 5.69 Å². The highest BCUT2D eigenvalue weighted by Crippen LogP contribution is 2.18. The number of allylic oxidation sites excluding steroid dienone is 1. The summed E-state index contributed by atoms with van der Waals surface area (Å²) >= 11 is 11.3. The highest BCUT2D eigenvalue weighted by atomic mass is 35.5. The maximum Gasteiger partial charge on any atom is 0.268 e. The first kappa shape index (κ1) is 13.7. The first-order chi connectivity index (χ1) is 7.91. The number of halogens is 2. The molecule has 0 atom stereocenters. The number of amides is 1. The quantitative estimate of drug-likeness (QED) is 0.859. The van der Waals surface area contributed by atoms with E-state index in [1.807, 2.05) is 13.0 Å². The van der Waals surface area contributed by atoms with Gasteiger partial charge in [0, 0.05) is 12.6 Å². The molecule has 1 amide bonds. The summed E-state index contributed by atoms with van der Waals surface area (Å²) in [7, 11) is 0. The van der Waals surface area contributed by atoms with Crippen molar-refractivity contribution < 1.29 is 9.59 Å². The molecule has 0 radical (unpaired) electrons. The third-order valence-corrected chi connectivity index (χ3v) is 2.89. The lowest BCUT2D eigenvalue weighted by molar-refractivity contribution is -0.115. The number of Topliss-reactive ketones (excluding diaryl/α,β-unsaturated/α-hetero) is 1. The molecule has 0 aliphatic rings. The van der Waals surface area contributed by atoms with Crippen molar-refractivity contribution in [3.8, 4) is 0 Å². The van der Waals surface area contributed by atoms with E-state index in [9.17, 15) is 9.59 Å². The number of hydrogen-bond donors (Lipinski definition) is 1. The van der Waals surface area contributed by atoms with Gasteiger partial charge >= 0.3 is 0 Å². The van der Waals surface area contributed by atoms with Crippen LogP contribution in [-0.4, -0.2) is 11.7 Å². The Morgan fingerprint density at radius 2 is 1.82 bits per heavy atom. The molecule has 1 rings (SSSR count). The topological polar surface area (TPSA) is 46.2 Å². The minimum Gasteiger partial charge on any atom is -0.321 e. The zero-order valence-electron chi connectivity index (χ0n) is 9.38. The Hall–Kier alpha value is -1.32. The molecular weight excluding hydrogens is 261 g/mol. The van der Waals surface area contributed by atoms with Gasteiger partial charge in [-0.25, -0.2) is 0 Å². The molecule has 0 bridgehead atoms. The normalized spacial score (nSPS) is 11.8. The monoisotopic (exact) mass is 271 g/mol. The summed E-state index contributed by atoms with van der Waals surface area (Å²) in [5.41, 5.74) is 1.60. The Kier molecular flexibility index (Phi) is 4.73. The summed E-state index contributed by atoms with van der Waals surface area (Å²) < 4.78 is 0. The van der Waals surface area contributed by atoms with Crippen LogP contribution in [0.15, 0.2) is 34.3 Å². The molecule has 17 heavy (non-hydrogen) atoms. The molecule has 0 spiro atoms. The minimum atomic E-state index is -0.600. The van der Waals surface area contributed by atoms with Crippen molar-refractivity contribution in [2.75, 3.05) is 5.32 Å². The third kappa shape index (κ3) is 3.88. The lowest BCUT2D eigenvalue weighted by atomic mass is 10.2. The van der Waals surface area contributed by atoms with Crippen molar-refractivity contribution in [2.24, 2.45) is 0 Å². The van der Waals surface area contributed by atoms with Gasteiger partial charge in [0.15, 0.2) is 5.78 Å². The number of aryl methyl sites for hydroxylation is 1. The third-order valence-electron chi connectivity index (χ3n) is 1.98. The van der Waals surface area contributed by atoms with Gasteiger partial charge in [-0.3, -0.25) is 9.59 Å². The summed E-state index contributed by atoms with van der Waals surface area (Å²) in [4.78, 5) is 22.6. The number of rotatable bonds is 3. The number of hydrogen-bond acceptors (Lipinski definition) is 2. The number of ketones is 1. The van der Waals surface area contributed by atoms with E-state index < -0.39 is 11.7 Å². The van der Waals surface area contributed by atoms with Gasteiger partial charge in [-0.15, -0.1) is 0 Å². The molecule has 5 heteroatoms. The van der Waals surface area contributed by atoms with E-state index in [2.05, 4.69) is 5.32 Å². The van der Waals surface area contributed by atoms with Crippen molar-refractivity contribution in [3.63, 3.8) is 0 Å². The summed E-state index contributed by atoms with van der Waals surface area (Å²) in [6.45, 7) is 3.14. The maximum atomic E-state index is 11.6. The average Bonchev–Trinajstić information content (AvgIpc) is 2.26. The summed E-state index contributed by atoms with van der Waals surface area (Å²) in [5, 5.41) is 1.98. The summed E-state index contributed by atoms with van der Waals surface area (Å²) in [5.74, 6) is -1.05. The highest BCUT2D eigenvalue weighted by Gasteiger charge is 2.15. The van der Waals surface area contributed by atoms with Gasteiger partial charge in [0.2, 0.25) is 0 Å². The molecule has 1 aromatic rings. The van der Waals surface area contributed by atoms with Crippen LogP contribution in [0.2, 0.25) is 0 Å². The molecule has 0 aliphatic carbocycles. The van der Waals surface area contributed by atoms with Crippen LogP contribution in [0.3, 0.4) is 0 Å². The van der Waals surface area contributed by atoms with Crippen LogP contribution >= 0.6 is 23.2 Å². The molecule has 0 fully saturated rings. The molecule has 90 valence electrons. The zero-order valence-corrected chi connectivity index (χ0v) is 10.9. The fraction of sp³-hybridized carbons (Fsp3) is 0.167. The second-order valence-corrected chi connectivity index (χ2v) is 4.26. The fourth-order valence-electron chi connectivity index (χ4n) is 1.16. The van der Waals surface area contributed by atoms with Crippen LogP contribution in [0.1, 0.15) is 12.5 Å². The van der Waals surface area contributed by atoms with Gasteiger partial charge in [0.1, 0.15) is 10.1 Å². The number of anilines is 1. The van der Waals surface area contributed by atoms with Gasteiger partial charge < -0.3 is 5.32 Å². The molecule has 0 heterocycles. The molecule has 1 N–H and O–H groups in total. The van der Waals surface area contributed by atoms with Gasteiger partial charge in [0.05, 0.1) is 0 Å². The molecule has 0 aliphatic heterocycles. The van der Waals surface area contributed by atoms with Crippen molar-refractivity contribution in [2.45, 2.75) is 13.8 Å². The molecule has 0 aromatic heterocycles. The molecule has 1 aromatic carbocycles. The van der Waals surface area contributed by atoms with Gasteiger partial charge in [-0.2, -0.15) is 0 Å². The van der Waals surface area contributed by atoms with E-state index >= 15 is 0 Å².